The molecule has 0 bridgehead atoms. The van der Waals surface area contributed by atoms with Gasteiger partial charge in [0, 0.05) is 18.7 Å². The Morgan fingerprint density at radius 3 is 2.52 bits per heavy atom. The van der Waals surface area contributed by atoms with Crippen molar-refractivity contribution in [3.05, 3.63) is 64.7 Å². The van der Waals surface area contributed by atoms with Crippen LogP contribution in [-0.4, -0.2) is 30.2 Å². The lowest BCUT2D eigenvalue weighted by atomic mass is 10.2. The minimum absolute atomic E-state index is 0.00600. The molecular formula is C19H20ClNO4. The topological polar surface area (TPSA) is 75.6 Å². The number of carboxylic acids is 1. The maximum Gasteiger partial charge on any atom is 0.337 e. The van der Waals surface area contributed by atoms with Gasteiger partial charge in [-0.15, -0.1) is 0 Å². The minimum Gasteiger partial charge on any atom is -0.478 e. The van der Waals surface area contributed by atoms with Crippen LogP contribution in [0.25, 0.3) is 0 Å². The summed E-state index contributed by atoms with van der Waals surface area (Å²) in [6.45, 7) is 1.14. The number of hydrogen-bond acceptors (Lipinski definition) is 3. The second-order valence-electron chi connectivity index (χ2n) is 5.50. The number of amides is 1. The first-order chi connectivity index (χ1) is 12.1. The summed E-state index contributed by atoms with van der Waals surface area (Å²) >= 11 is 5.87. The summed E-state index contributed by atoms with van der Waals surface area (Å²) in [5.41, 5.74) is 1.71. The Bertz CT molecular complexity index is 719. The summed E-state index contributed by atoms with van der Waals surface area (Å²) in [7, 11) is 0. The van der Waals surface area contributed by atoms with E-state index in [2.05, 4.69) is 17.4 Å². The Balaban J connectivity index is 1.64. The van der Waals surface area contributed by atoms with E-state index in [4.69, 9.17) is 21.4 Å². The zero-order valence-electron chi connectivity index (χ0n) is 13.7. The van der Waals surface area contributed by atoms with Crippen LogP contribution in [0.3, 0.4) is 0 Å². The van der Waals surface area contributed by atoms with E-state index in [9.17, 15) is 9.59 Å². The Morgan fingerprint density at radius 1 is 1.08 bits per heavy atom. The van der Waals surface area contributed by atoms with Gasteiger partial charge in [0.25, 0.3) is 0 Å². The summed E-state index contributed by atoms with van der Waals surface area (Å²) in [5, 5.41) is 11.7. The number of anilines is 1. The van der Waals surface area contributed by atoms with Crippen LogP contribution >= 0.6 is 11.6 Å². The second-order valence-corrected chi connectivity index (χ2v) is 5.91. The van der Waals surface area contributed by atoms with Crippen molar-refractivity contribution in [3.8, 4) is 0 Å². The molecule has 0 radical (unpaired) electrons. The normalized spacial score (nSPS) is 10.4. The number of benzene rings is 2. The monoisotopic (exact) mass is 361 g/mol. The molecule has 0 aromatic heterocycles. The summed E-state index contributed by atoms with van der Waals surface area (Å²) in [6, 6.07) is 14.4. The lowest BCUT2D eigenvalue weighted by Crippen LogP contribution is -2.13. The standard InChI is InChI=1S/C19H20ClNO4/c20-17-13-15(8-9-16(17)19(23)24)21-18(22)7-4-11-25-12-10-14-5-2-1-3-6-14/h1-3,5-6,8-9,13H,4,7,10-12H2,(H,21,22)(H,23,24). The van der Waals surface area contributed by atoms with Gasteiger partial charge in [-0.05, 0) is 36.6 Å². The predicted octanol–water partition coefficient (Wildman–Crippen LogP) is 4.02. The highest BCUT2D eigenvalue weighted by molar-refractivity contribution is 6.33. The molecule has 0 saturated heterocycles. The van der Waals surface area contributed by atoms with E-state index in [-0.39, 0.29) is 16.5 Å². The zero-order valence-corrected chi connectivity index (χ0v) is 14.5. The molecule has 2 N–H and O–H groups in total. The predicted molar refractivity (Wildman–Crippen MR) is 97.2 cm³/mol. The number of aromatic carboxylic acids is 1. The number of rotatable bonds is 9. The van der Waals surface area contributed by atoms with Gasteiger partial charge in [0.05, 0.1) is 17.2 Å². The molecule has 0 aliphatic heterocycles. The molecule has 0 spiro atoms. The van der Waals surface area contributed by atoms with Crippen molar-refractivity contribution in [2.75, 3.05) is 18.5 Å². The fraction of sp³-hybridized carbons (Fsp3) is 0.263. The Morgan fingerprint density at radius 2 is 1.84 bits per heavy atom. The third kappa shape index (κ3) is 6.57. The van der Waals surface area contributed by atoms with E-state index in [1.165, 1.54) is 23.8 Å². The first-order valence-electron chi connectivity index (χ1n) is 8.00. The van der Waals surface area contributed by atoms with Crippen molar-refractivity contribution in [1.29, 1.82) is 0 Å². The van der Waals surface area contributed by atoms with Crippen molar-refractivity contribution < 1.29 is 19.4 Å². The first-order valence-corrected chi connectivity index (χ1v) is 8.38. The number of carbonyl (C=O) groups is 2. The number of hydrogen-bond donors (Lipinski definition) is 2. The SMILES string of the molecule is O=C(CCCOCCc1ccccc1)Nc1ccc(C(=O)O)c(Cl)c1. The quantitative estimate of drug-likeness (QED) is 0.661. The van der Waals surface area contributed by atoms with Crippen LogP contribution in [0.15, 0.2) is 48.5 Å². The van der Waals surface area contributed by atoms with Crippen LogP contribution in [0.1, 0.15) is 28.8 Å². The number of halogens is 1. The fourth-order valence-electron chi connectivity index (χ4n) is 2.26. The number of nitrogens with one attached hydrogen (secondary N) is 1. The van der Waals surface area contributed by atoms with E-state index >= 15 is 0 Å². The molecule has 132 valence electrons. The average Bonchev–Trinajstić information content (AvgIpc) is 2.58. The van der Waals surface area contributed by atoms with Crippen LogP contribution in [0.5, 0.6) is 0 Å². The molecule has 0 atom stereocenters. The van der Waals surface area contributed by atoms with Crippen LogP contribution in [-0.2, 0) is 16.0 Å². The lowest BCUT2D eigenvalue weighted by Gasteiger charge is -2.07. The van der Waals surface area contributed by atoms with Crippen molar-refractivity contribution in [2.45, 2.75) is 19.3 Å². The highest BCUT2D eigenvalue weighted by atomic mass is 35.5. The van der Waals surface area contributed by atoms with E-state index in [0.717, 1.165) is 6.42 Å². The van der Waals surface area contributed by atoms with E-state index in [1.807, 2.05) is 18.2 Å². The smallest absolute Gasteiger partial charge is 0.337 e. The molecule has 0 saturated carbocycles. The van der Waals surface area contributed by atoms with Crippen molar-refractivity contribution >= 4 is 29.2 Å². The van der Waals surface area contributed by atoms with E-state index < -0.39 is 5.97 Å². The molecule has 0 fully saturated rings. The van der Waals surface area contributed by atoms with E-state index in [0.29, 0.717) is 31.7 Å². The van der Waals surface area contributed by atoms with Gasteiger partial charge in [-0.3, -0.25) is 4.79 Å². The zero-order chi connectivity index (χ0) is 18.1. The molecule has 2 rings (SSSR count). The average molecular weight is 362 g/mol. The molecule has 0 heterocycles. The third-order valence-corrected chi connectivity index (χ3v) is 3.87. The molecule has 25 heavy (non-hydrogen) atoms. The molecule has 0 aliphatic rings. The molecule has 6 heteroatoms. The van der Waals surface area contributed by atoms with Gasteiger partial charge in [-0.2, -0.15) is 0 Å². The summed E-state index contributed by atoms with van der Waals surface area (Å²) in [4.78, 5) is 22.8. The van der Waals surface area contributed by atoms with Crippen LogP contribution in [0.4, 0.5) is 5.69 Å². The molecular weight excluding hydrogens is 342 g/mol. The van der Waals surface area contributed by atoms with Gasteiger partial charge in [0.1, 0.15) is 0 Å². The number of ether oxygens (including phenoxy) is 1. The maximum absolute atomic E-state index is 11.9. The largest absolute Gasteiger partial charge is 0.478 e. The summed E-state index contributed by atoms with van der Waals surface area (Å²) in [6.07, 6.45) is 1.78. The van der Waals surface area contributed by atoms with Crippen LogP contribution in [0.2, 0.25) is 5.02 Å². The first kappa shape index (κ1) is 19.0. The molecule has 0 aliphatic carbocycles. The van der Waals surface area contributed by atoms with E-state index in [1.54, 1.807) is 0 Å². The molecule has 2 aromatic carbocycles. The highest BCUT2D eigenvalue weighted by Gasteiger charge is 2.10. The number of carboxylic acid groups (broad SMARTS) is 1. The van der Waals surface area contributed by atoms with Crippen molar-refractivity contribution in [1.82, 2.24) is 0 Å². The Hall–Kier alpha value is -2.37. The van der Waals surface area contributed by atoms with Crippen molar-refractivity contribution in [2.24, 2.45) is 0 Å². The fourth-order valence-corrected chi connectivity index (χ4v) is 2.52. The van der Waals surface area contributed by atoms with Crippen molar-refractivity contribution in [3.63, 3.8) is 0 Å². The lowest BCUT2D eigenvalue weighted by molar-refractivity contribution is -0.116. The maximum atomic E-state index is 11.9. The van der Waals surface area contributed by atoms with Gasteiger partial charge in [0.2, 0.25) is 5.91 Å². The Kier molecular flexibility index (Phi) is 7.44. The van der Waals surface area contributed by atoms with Crippen LogP contribution in [0, 0.1) is 0 Å². The molecule has 2 aromatic rings. The van der Waals surface area contributed by atoms with Gasteiger partial charge in [-0.25, -0.2) is 4.79 Å². The summed E-state index contributed by atoms with van der Waals surface area (Å²) < 4.78 is 5.53. The van der Waals surface area contributed by atoms with Gasteiger partial charge in [0.15, 0.2) is 0 Å². The minimum atomic E-state index is -1.10. The third-order valence-electron chi connectivity index (χ3n) is 3.55. The van der Waals surface area contributed by atoms with Gasteiger partial charge < -0.3 is 15.2 Å². The Labute approximate surface area is 151 Å². The second kappa shape index (κ2) is 9.81. The van der Waals surface area contributed by atoms with Crippen LogP contribution < -0.4 is 5.32 Å². The number of carbonyl (C=O) groups excluding carboxylic acids is 1. The summed E-state index contributed by atoms with van der Waals surface area (Å²) in [5.74, 6) is -1.26. The molecule has 5 nitrogen and oxygen atoms in total. The molecule has 1 amide bonds. The van der Waals surface area contributed by atoms with Gasteiger partial charge >= 0.3 is 5.97 Å². The molecule has 0 unspecified atom stereocenters. The highest BCUT2D eigenvalue weighted by Crippen LogP contribution is 2.21. The van der Waals surface area contributed by atoms with Gasteiger partial charge in [-0.1, -0.05) is 41.9 Å².